The zero-order valence-corrected chi connectivity index (χ0v) is 13.9. The molecule has 108 valence electrons. The summed E-state index contributed by atoms with van der Waals surface area (Å²) in [4.78, 5) is 6.64. The third-order valence-electron chi connectivity index (χ3n) is 3.21. The van der Waals surface area contributed by atoms with E-state index in [0.717, 1.165) is 25.2 Å². The van der Waals surface area contributed by atoms with E-state index in [0.29, 0.717) is 11.7 Å². The van der Waals surface area contributed by atoms with Crippen molar-refractivity contribution in [1.29, 1.82) is 0 Å². The average molecular weight is 386 g/mol. The zero-order chi connectivity index (χ0) is 14.5. The fourth-order valence-corrected chi connectivity index (χ4v) is 2.30. The van der Waals surface area contributed by atoms with Gasteiger partial charge in [-0.05, 0) is 59.9 Å². The Morgan fingerprint density at radius 2 is 1.90 bits per heavy atom. The molecule has 5 nitrogen and oxygen atoms in total. The molecule has 0 saturated heterocycles. The van der Waals surface area contributed by atoms with Crippen LogP contribution in [0.4, 0.5) is 0 Å². The van der Waals surface area contributed by atoms with E-state index in [1.165, 1.54) is 3.57 Å². The van der Waals surface area contributed by atoms with E-state index < -0.39 is 0 Å². The van der Waals surface area contributed by atoms with E-state index in [9.17, 15) is 0 Å². The van der Waals surface area contributed by atoms with Gasteiger partial charge in [-0.2, -0.15) is 4.98 Å². The summed E-state index contributed by atoms with van der Waals surface area (Å²) in [5, 5.41) is 4.00. The predicted molar refractivity (Wildman–Crippen MR) is 87.2 cm³/mol. The van der Waals surface area contributed by atoms with Crippen LogP contribution in [0.15, 0.2) is 28.8 Å². The maximum atomic E-state index is 6.13. The number of hydrogen-bond donors (Lipinski definition) is 1. The van der Waals surface area contributed by atoms with Crippen LogP contribution < -0.4 is 5.73 Å². The summed E-state index contributed by atoms with van der Waals surface area (Å²) < 4.78 is 6.47. The molecule has 0 fully saturated rings. The number of benzene rings is 1. The first kappa shape index (κ1) is 15.4. The second-order valence-corrected chi connectivity index (χ2v) is 5.80. The number of nitrogens with zero attached hydrogens (tertiary/aromatic N) is 3. The zero-order valence-electron chi connectivity index (χ0n) is 11.7. The van der Waals surface area contributed by atoms with Crippen molar-refractivity contribution in [3.8, 4) is 11.5 Å². The van der Waals surface area contributed by atoms with Crippen molar-refractivity contribution < 1.29 is 4.52 Å². The minimum atomic E-state index is -0.226. The summed E-state index contributed by atoms with van der Waals surface area (Å²) in [7, 11) is 0. The van der Waals surface area contributed by atoms with Crippen molar-refractivity contribution in [3.05, 3.63) is 33.7 Å². The molecule has 0 radical (unpaired) electrons. The van der Waals surface area contributed by atoms with Crippen molar-refractivity contribution in [2.45, 2.75) is 19.9 Å². The summed E-state index contributed by atoms with van der Waals surface area (Å²) in [6.45, 7) is 6.89. The Hall–Kier alpha value is -0.990. The summed E-state index contributed by atoms with van der Waals surface area (Å²) in [6.07, 6.45) is 0. The normalized spacial score (nSPS) is 12.8. The smallest absolute Gasteiger partial charge is 0.257 e. The molecule has 2 aromatic rings. The van der Waals surface area contributed by atoms with E-state index in [1.807, 2.05) is 24.3 Å². The first-order chi connectivity index (χ1) is 9.63. The molecule has 0 saturated carbocycles. The van der Waals surface area contributed by atoms with Gasteiger partial charge in [0.2, 0.25) is 0 Å². The van der Waals surface area contributed by atoms with Gasteiger partial charge in [-0.3, -0.25) is 0 Å². The van der Waals surface area contributed by atoms with Crippen molar-refractivity contribution in [1.82, 2.24) is 15.0 Å². The van der Waals surface area contributed by atoms with E-state index in [4.69, 9.17) is 10.3 Å². The van der Waals surface area contributed by atoms with Gasteiger partial charge in [-0.25, -0.2) is 0 Å². The van der Waals surface area contributed by atoms with Gasteiger partial charge < -0.3 is 15.2 Å². The van der Waals surface area contributed by atoms with Crippen LogP contribution in [0.1, 0.15) is 25.7 Å². The molecule has 1 aromatic carbocycles. The summed E-state index contributed by atoms with van der Waals surface area (Å²) in [5.41, 5.74) is 7.05. The van der Waals surface area contributed by atoms with E-state index >= 15 is 0 Å². The van der Waals surface area contributed by atoms with E-state index in [-0.39, 0.29) is 6.04 Å². The molecule has 0 amide bonds. The SMILES string of the molecule is CCN(CC)CC(N)c1noc(-c2ccc(I)cc2)n1. The first-order valence-electron chi connectivity index (χ1n) is 6.71. The van der Waals surface area contributed by atoms with Gasteiger partial charge in [0.25, 0.3) is 5.89 Å². The van der Waals surface area contributed by atoms with Crippen LogP contribution in [0.25, 0.3) is 11.5 Å². The minimum absolute atomic E-state index is 0.226. The topological polar surface area (TPSA) is 68.2 Å². The molecule has 2 rings (SSSR count). The predicted octanol–water partition coefficient (Wildman–Crippen LogP) is 2.68. The minimum Gasteiger partial charge on any atom is -0.334 e. The second-order valence-electron chi connectivity index (χ2n) is 4.56. The molecule has 0 aliphatic carbocycles. The van der Waals surface area contributed by atoms with Crippen molar-refractivity contribution >= 4 is 22.6 Å². The molecule has 0 bridgehead atoms. The molecule has 1 unspecified atom stereocenters. The van der Waals surface area contributed by atoms with Crippen LogP contribution in [0.2, 0.25) is 0 Å². The summed E-state index contributed by atoms with van der Waals surface area (Å²) in [5.74, 6) is 1.08. The third-order valence-corrected chi connectivity index (χ3v) is 3.93. The second kappa shape index (κ2) is 7.14. The van der Waals surface area contributed by atoms with Crippen molar-refractivity contribution in [2.24, 2.45) is 5.73 Å². The summed E-state index contributed by atoms with van der Waals surface area (Å²) >= 11 is 2.26. The van der Waals surface area contributed by atoms with Crippen LogP contribution in [0, 0.1) is 3.57 Å². The van der Waals surface area contributed by atoms with Crippen LogP contribution in [0.5, 0.6) is 0 Å². The monoisotopic (exact) mass is 386 g/mol. The molecular formula is C14H19IN4O. The van der Waals surface area contributed by atoms with Crippen LogP contribution >= 0.6 is 22.6 Å². The Kier molecular flexibility index (Phi) is 5.50. The largest absolute Gasteiger partial charge is 0.334 e. The van der Waals surface area contributed by atoms with E-state index in [1.54, 1.807) is 0 Å². The fraction of sp³-hybridized carbons (Fsp3) is 0.429. The number of aromatic nitrogens is 2. The van der Waals surface area contributed by atoms with Gasteiger partial charge in [-0.1, -0.05) is 19.0 Å². The number of nitrogens with two attached hydrogens (primary N) is 1. The van der Waals surface area contributed by atoms with Crippen LogP contribution in [0.3, 0.4) is 0 Å². The molecular weight excluding hydrogens is 367 g/mol. The number of rotatable bonds is 6. The maximum Gasteiger partial charge on any atom is 0.257 e. The molecule has 1 atom stereocenters. The van der Waals surface area contributed by atoms with Gasteiger partial charge in [0.1, 0.15) is 0 Å². The Morgan fingerprint density at radius 1 is 1.25 bits per heavy atom. The van der Waals surface area contributed by atoms with Crippen molar-refractivity contribution in [2.75, 3.05) is 19.6 Å². The van der Waals surface area contributed by atoms with Gasteiger partial charge >= 0.3 is 0 Å². The van der Waals surface area contributed by atoms with Crippen molar-refractivity contribution in [3.63, 3.8) is 0 Å². The Labute approximate surface area is 132 Å². The maximum absolute atomic E-state index is 6.13. The van der Waals surface area contributed by atoms with Gasteiger partial charge in [0.05, 0.1) is 6.04 Å². The van der Waals surface area contributed by atoms with Gasteiger partial charge in [-0.15, -0.1) is 0 Å². The molecule has 0 spiro atoms. The quantitative estimate of drug-likeness (QED) is 0.774. The molecule has 0 aliphatic heterocycles. The Balaban J connectivity index is 2.10. The lowest BCUT2D eigenvalue weighted by atomic mass is 10.2. The highest BCUT2D eigenvalue weighted by atomic mass is 127. The lowest BCUT2D eigenvalue weighted by Crippen LogP contribution is -2.32. The molecule has 1 aromatic heterocycles. The standard InChI is InChI=1S/C14H19IN4O/c1-3-19(4-2)9-12(16)13-17-14(20-18-13)10-5-7-11(15)8-6-10/h5-8,12H,3-4,9,16H2,1-2H3. The first-order valence-corrected chi connectivity index (χ1v) is 7.79. The Morgan fingerprint density at radius 3 is 2.50 bits per heavy atom. The van der Waals surface area contributed by atoms with Crippen LogP contribution in [-0.4, -0.2) is 34.7 Å². The molecule has 20 heavy (non-hydrogen) atoms. The lowest BCUT2D eigenvalue weighted by molar-refractivity contribution is 0.278. The number of hydrogen-bond acceptors (Lipinski definition) is 5. The Bertz CT molecular complexity index is 536. The molecule has 6 heteroatoms. The highest BCUT2D eigenvalue weighted by Crippen LogP contribution is 2.20. The number of likely N-dealkylation sites (N-methyl/N-ethyl adjacent to an activating group) is 1. The van der Waals surface area contributed by atoms with Gasteiger partial charge in [0.15, 0.2) is 5.82 Å². The fourth-order valence-electron chi connectivity index (χ4n) is 1.94. The van der Waals surface area contributed by atoms with Gasteiger partial charge in [0, 0.05) is 15.7 Å². The highest BCUT2D eigenvalue weighted by molar-refractivity contribution is 14.1. The third kappa shape index (κ3) is 3.77. The molecule has 1 heterocycles. The number of halogens is 1. The van der Waals surface area contributed by atoms with E-state index in [2.05, 4.69) is 51.5 Å². The van der Waals surface area contributed by atoms with Crippen LogP contribution in [-0.2, 0) is 0 Å². The highest BCUT2D eigenvalue weighted by Gasteiger charge is 2.17. The molecule has 2 N–H and O–H groups in total. The lowest BCUT2D eigenvalue weighted by Gasteiger charge is -2.20. The average Bonchev–Trinajstić information content (AvgIpc) is 2.95. The summed E-state index contributed by atoms with van der Waals surface area (Å²) in [6, 6.07) is 7.73. The molecule has 0 aliphatic rings.